The van der Waals surface area contributed by atoms with Crippen LogP contribution in [0.25, 0.3) is 10.9 Å². The molecule has 0 aliphatic rings. The summed E-state index contributed by atoms with van der Waals surface area (Å²) in [4.78, 5) is 16.4. The Morgan fingerprint density at radius 2 is 2.17 bits per heavy atom. The van der Waals surface area contributed by atoms with E-state index in [1.165, 1.54) is 0 Å². The van der Waals surface area contributed by atoms with Gasteiger partial charge in [0.1, 0.15) is 0 Å². The molecular weight excluding hydrogens is 242 g/mol. The minimum Gasteiger partial charge on any atom is -0.294 e. The highest BCUT2D eigenvalue weighted by atomic mass is 32.1. The van der Waals surface area contributed by atoms with Crippen molar-refractivity contribution in [1.29, 1.82) is 0 Å². The van der Waals surface area contributed by atoms with Crippen molar-refractivity contribution >= 4 is 28.0 Å². The average Bonchev–Trinajstić information content (AvgIpc) is 2.91. The van der Waals surface area contributed by atoms with Gasteiger partial charge in [-0.3, -0.25) is 9.78 Å². The van der Waals surface area contributed by atoms with Gasteiger partial charge in [0.15, 0.2) is 5.78 Å². The molecule has 3 heteroatoms. The SMILES string of the molecule is O=C(Cc1ccsc1)c1ccc2ncccc2c1. The van der Waals surface area contributed by atoms with Gasteiger partial charge in [0.05, 0.1) is 5.52 Å². The van der Waals surface area contributed by atoms with Gasteiger partial charge in [0.2, 0.25) is 0 Å². The second-order valence-corrected chi connectivity index (χ2v) is 4.92. The van der Waals surface area contributed by atoms with Crippen LogP contribution in [0.2, 0.25) is 0 Å². The van der Waals surface area contributed by atoms with Crippen molar-refractivity contribution in [3.8, 4) is 0 Å². The predicted octanol–water partition coefficient (Wildman–Crippen LogP) is 3.72. The van der Waals surface area contributed by atoms with Crippen LogP contribution in [-0.2, 0) is 6.42 Å². The zero-order chi connectivity index (χ0) is 12.4. The highest BCUT2D eigenvalue weighted by molar-refractivity contribution is 7.08. The molecule has 0 aliphatic heterocycles. The van der Waals surface area contributed by atoms with Crippen molar-refractivity contribution in [2.75, 3.05) is 0 Å². The third-order valence-corrected chi connectivity index (χ3v) is 3.60. The Balaban J connectivity index is 1.92. The fourth-order valence-electron chi connectivity index (χ4n) is 1.93. The lowest BCUT2D eigenvalue weighted by molar-refractivity contribution is 0.0993. The number of hydrogen-bond acceptors (Lipinski definition) is 3. The van der Waals surface area contributed by atoms with Crippen LogP contribution in [0, 0.1) is 0 Å². The molecule has 0 amide bonds. The second kappa shape index (κ2) is 4.70. The largest absolute Gasteiger partial charge is 0.294 e. The van der Waals surface area contributed by atoms with Crippen LogP contribution in [0.4, 0.5) is 0 Å². The quantitative estimate of drug-likeness (QED) is 0.666. The molecule has 3 rings (SSSR count). The van der Waals surface area contributed by atoms with E-state index in [1.54, 1.807) is 17.5 Å². The van der Waals surface area contributed by atoms with Crippen molar-refractivity contribution in [1.82, 2.24) is 4.98 Å². The standard InChI is InChI=1S/C15H11NOS/c17-15(8-11-5-7-18-10-11)13-3-4-14-12(9-13)2-1-6-16-14/h1-7,9-10H,8H2. The summed E-state index contributed by atoms with van der Waals surface area (Å²) in [5, 5.41) is 5.02. The summed E-state index contributed by atoms with van der Waals surface area (Å²) < 4.78 is 0. The van der Waals surface area contributed by atoms with E-state index in [2.05, 4.69) is 4.98 Å². The van der Waals surface area contributed by atoms with Gasteiger partial charge in [0, 0.05) is 23.6 Å². The van der Waals surface area contributed by atoms with Crippen LogP contribution >= 0.6 is 11.3 Å². The number of rotatable bonds is 3. The Kier molecular flexibility index (Phi) is 2.90. The first-order valence-corrected chi connectivity index (χ1v) is 6.66. The molecule has 0 fully saturated rings. The Bertz CT molecular complexity index is 689. The van der Waals surface area contributed by atoms with E-state index in [4.69, 9.17) is 0 Å². The van der Waals surface area contributed by atoms with Gasteiger partial charge in [-0.25, -0.2) is 0 Å². The van der Waals surface area contributed by atoms with Crippen LogP contribution in [0.1, 0.15) is 15.9 Å². The van der Waals surface area contributed by atoms with E-state index < -0.39 is 0 Å². The highest BCUT2D eigenvalue weighted by Gasteiger charge is 2.08. The minimum absolute atomic E-state index is 0.152. The van der Waals surface area contributed by atoms with E-state index >= 15 is 0 Å². The molecule has 0 N–H and O–H groups in total. The third-order valence-electron chi connectivity index (χ3n) is 2.87. The number of thiophene rings is 1. The van der Waals surface area contributed by atoms with Crippen molar-refractivity contribution < 1.29 is 4.79 Å². The molecule has 0 atom stereocenters. The topological polar surface area (TPSA) is 30.0 Å². The fraction of sp³-hybridized carbons (Fsp3) is 0.0667. The van der Waals surface area contributed by atoms with Crippen LogP contribution in [0.15, 0.2) is 53.4 Å². The lowest BCUT2D eigenvalue weighted by atomic mass is 10.0. The van der Waals surface area contributed by atoms with E-state index in [1.807, 2.05) is 47.2 Å². The first kappa shape index (κ1) is 11.1. The van der Waals surface area contributed by atoms with Crippen molar-refractivity contribution in [3.05, 3.63) is 64.5 Å². The molecular formula is C15H11NOS. The summed E-state index contributed by atoms with van der Waals surface area (Å²) in [5.74, 6) is 0.152. The molecule has 0 bridgehead atoms. The molecule has 0 saturated carbocycles. The molecule has 18 heavy (non-hydrogen) atoms. The number of aromatic nitrogens is 1. The molecule has 0 radical (unpaired) electrons. The summed E-state index contributed by atoms with van der Waals surface area (Å²) in [7, 11) is 0. The molecule has 88 valence electrons. The van der Waals surface area contributed by atoms with Gasteiger partial charge in [-0.1, -0.05) is 6.07 Å². The maximum Gasteiger partial charge on any atom is 0.167 e. The molecule has 0 saturated heterocycles. The van der Waals surface area contributed by atoms with Gasteiger partial charge < -0.3 is 0 Å². The summed E-state index contributed by atoms with van der Waals surface area (Å²) >= 11 is 1.62. The van der Waals surface area contributed by atoms with E-state index in [9.17, 15) is 4.79 Å². The van der Waals surface area contributed by atoms with Gasteiger partial charge in [-0.15, -0.1) is 0 Å². The minimum atomic E-state index is 0.152. The molecule has 0 aliphatic carbocycles. The molecule has 0 unspecified atom stereocenters. The zero-order valence-electron chi connectivity index (χ0n) is 9.67. The highest BCUT2D eigenvalue weighted by Crippen LogP contribution is 2.16. The number of carbonyl (C=O) groups is 1. The van der Waals surface area contributed by atoms with Crippen LogP contribution < -0.4 is 0 Å². The predicted molar refractivity (Wildman–Crippen MR) is 74.1 cm³/mol. The Morgan fingerprint density at radius 1 is 1.22 bits per heavy atom. The number of benzene rings is 1. The van der Waals surface area contributed by atoms with Gasteiger partial charge >= 0.3 is 0 Å². The monoisotopic (exact) mass is 253 g/mol. The Labute approximate surface area is 109 Å². The van der Waals surface area contributed by atoms with Crippen LogP contribution in [0.3, 0.4) is 0 Å². The normalized spacial score (nSPS) is 10.7. The summed E-state index contributed by atoms with van der Waals surface area (Å²) in [6.07, 6.45) is 2.23. The average molecular weight is 253 g/mol. The smallest absolute Gasteiger partial charge is 0.167 e. The van der Waals surface area contributed by atoms with Crippen molar-refractivity contribution in [2.24, 2.45) is 0 Å². The molecule has 2 nitrogen and oxygen atoms in total. The third kappa shape index (κ3) is 2.17. The Hall–Kier alpha value is -2.00. The van der Waals surface area contributed by atoms with Crippen molar-refractivity contribution in [2.45, 2.75) is 6.42 Å². The molecule has 0 spiro atoms. The lowest BCUT2D eigenvalue weighted by Gasteiger charge is -2.02. The molecule has 2 heterocycles. The Morgan fingerprint density at radius 3 is 3.00 bits per heavy atom. The number of pyridine rings is 1. The van der Waals surface area contributed by atoms with Gasteiger partial charge in [0.25, 0.3) is 0 Å². The number of nitrogens with zero attached hydrogens (tertiary/aromatic N) is 1. The van der Waals surface area contributed by atoms with Crippen molar-refractivity contribution in [3.63, 3.8) is 0 Å². The van der Waals surface area contributed by atoms with E-state index in [0.717, 1.165) is 22.0 Å². The fourth-order valence-corrected chi connectivity index (χ4v) is 2.60. The summed E-state index contributed by atoms with van der Waals surface area (Å²) in [6.45, 7) is 0. The number of carbonyl (C=O) groups excluding carboxylic acids is 1. The zero-order valence-corrected chi connectivity index (χ0v) is 10.5. The first-order chi connectivity index (χ1) is 8.83. The maximum absolute atomic E-state index is 12.1. The molecule has 2 aromatic heterocycles. The number of hydrogen-bond donors (Lipinski definition) is 0. The van der Waals surface area contributed by atoms with Gasteiger partial charge in [-0.2, -0.15) is 11.3 Å². The van der Waals surface area contributed by atoms with E-state index in [-0.39, 0.29) is 5.78 Å². The first-order valence-electron chi connectivity index (χ1n) is 5.72. The summed E-state index contributed by atoms with van der Waals surface area (Å²) in [5.41, 5.74) is 2.75. The van der Waals surface area contributed by atoms with Gasteiger partial charge in [-0.05, 0) is 46.7 Å². The number of Topliss-reactive ketones (excluding diaryl/α,β-unsaturated/α-hetero) is 1. The van der Waals surface area contributed by atoms with Crippen LogP contribution in [-0.4, -0.2) is 10.8 Å². The lowest BCUT2D eigenvalue weighted by Crippen LogP contribution is -2.02. The number of fused-ring (bicyclic) bond motifs is 1. The number of ketones is 1. The second-order valence-electron chi connectivity index (χ2n) is 4.14. The molecule has 1 aromatic carbocycles. The van der Waals surface area contributed by atoms with E-state index in [0.29, 0.717) is 6.42 Å². The van der Waals surface area contributed by atoms with Crippen LogP contribution in [0.5, 0.6) is 0 Å². The molecule has 3 aromatic rings. The maximum atomic E-state index is 12.1. The summed E-state index contributed by atoms with van der Waals surface area (Å²) in [6, 6.07) is 11.5.